The van der Waals surface area contributed by atoms with Crippen molar-refractivity contribution < 1.29 is 9.50 Å². The zero-order chi connectivity index (χ0) is 13.3. The lowest BCUT2D eigenvalue weighted by Crippen LogP contribution is -2.03. The van der Waals surface area contributed by atoms with Crippen molar-refractivity contribution in [1.82, 2.24) is 9.78 Å². The van der Waals surface area contributed by atoms with Gasteiger partial charge in [0.15, 0.2) is 0 Å². The van der Waals surface area contributed by atoms with Crippen molar-refractivity contribution in [3.63, 3.8) is 0 Å². The van der Waals surface area contributed by atoms with Gasteiger partial charge in [0, 0.05) is 30.3 Å². The van der Waals surface area contributed by atoms with Gasteiger partial charge in [-0.3, -0.25) is 4.68 Å². The van der Waals surface area contributed by atoms with E-state index in [0.717, 1.165) is 11.3 Å². The largest absolute Gasteiger partial charge is 0.388 e. The van der Waals surface area contributed by atoms with Crippen molar-refractivity contribution in [2.24, 2.45) is 7.05 Å². The number of benzene rings is 1. The fraction of sp³-hybridized carbons (Fsp3) is 0.308. The summed E-state index contributed by atoms with van der Waals surface area (Å²) in [4.78, 5) is 0. The van der Waals surface area contributed by atoms with Gasteiger partial charge in [-0.2, -0.15) is 5.10 Å². The third-order valence-corrected chi connectivity index (χ3v) is 3.19. The van der Waals surface area contributed by atoms with Gasteiger partial charge in [0.1, 0.15) is 5.82 Å². The Morgan fingerprint density at radius 2 is 2.22 bits per heavy atom. The predicted molar refractivity (Wildman–Crippen MR) is 68.0 cm³/mol. The van der Waals surface area contributed by atoms with Gasteiger partial charge in [-0.05, 0) is 24.6 Å². The maximum absolute atomic E-state index is 12.9. The predicted octanol–water partition coefficient (Wildman–Crippen LogP) is 2.80. The minimum atomic E-state index is -0.693. The van der Waals surface area contributed by atoms with Gasteiger partial charge >= 0.3 is 0 Å². The minimum Gasteiger partial charge on any atom is -0.388 e. The van der Waals surface area contributed by atoms with Gasteiger partial charge in [-0.25, -0.2) is 4.39 Å². The molecule has 1 aromatic heterocycles. The van der Waals surface area contributed by atoms with E-state index in [-0.39, 0.29) is 5.82 Å². The molecule has 0 aliphatic heterocycles. The van der Waals surface area contributed by atoms with E-state index in [1.165, 1.54) is 12.1 Å². The highest BCUT2D eigenvalue weighted by molar-refractivity contribution is 6.31. The molecule has 1 N–H and O–H groups in total. The molecule has 5 heteroatoms. The standard InChI is InChI=1S/C13H14ClFN2O/c1-8-11(7-17(2)16-8)13(18)5-9-3-4-10(15)6-12(9)14/h3-4,6-7,13,18H,5H2,1-2H3. The number of aryl methyl sites for hydroxylation is 2. The Labute approximate surface area is 110 Å². The van der Waals surface area contributed by atoms with Crippen LogP contribution in [0.15, 0.2) is 24.4 Å². The van der Waals surface area contributed by atoms with Crippen LogP contribution < -0.4 is 0 Å². The lowest BCUT2D eigenvalue weighted by molar-refractivity contribution is 0.177. The van der Waals surface area contributed by atoms with E-state index in [4.69, 9.17) is 11.6 Å². The fourth-order valence-electron chi connectivity index (χ4n) is 1.95. The zero-order valence-corrected chi connectivity index (χ0v) is 10.9. The second kappa shape index (κ2) is 5.08. The van der Waals surface area contributed by atoms with E-state index in [1.54, 1.807) is 24.0 Å². The first-order chi connectivity index (χ1) is 8.47. The van der Waals surface area contributed by atoms with Crippen LogP contribution in [0.25, 0.3) is 0 Å². The molecule has 0 radical (unpaired) electrons. The van der Waals surface area contributed by atoms with Crippen LogP contribution in [0.1, 0.15) is 22.9 Å². The number of aliphatic hydroxyl groups is 1. The molecule has 0 aliphatic carbocycles. The number of aromatic nitrogens is 2. The number of aliphatic hydroxyl groups excluding tert-OH is 1. The summed E-state index contributed by atoms with van der Waals surface area (Å²) in [5.41, 5.74) is 2.26. The highest BCUT2D eigenvalue weighted by Crippen LogP contribution is 2.25. The number of rotatable bonds is 3. The number of nitrogens with zero attached hydrogens (tertiary/aromatic N) is 2. The highest BCUT2D eigenvalue weighted by atomic mass is 35.5. The second-order valence-corrected chi connectivity index (χ2v) is 4.71. The first-order valence-corrected chi connectivity index (χ1v) is 5.97. The highest BCUT2D eigenvalue weighted by Gasteiger charge is 2.15. The molecular weight excluding hydrogens is 255 g/mol. The molecule has 3 nitrogen and oxygen atoms in total. The molecule has 0 saturated heterocycles. The molecule has 18 heavy (non-hydrogen) atoms. The van der Waals surface area contributed by atoms with E-state index < -0.39 is 6.10 Å². The SMILES string of the molecule is Cc1nn(C)cc1C(O)Cc1ccc(F)cc1Cl. The van der Waals surface area contributed by atoms with Crippen molar-refractivity contribution >= 4 is 11.6 Å². The Kier molecular flexibility index (Phi) is 3.68. The Hall–Kier alpha value is -1.39. The van der Waals surface area contributed by atoms with Gasteiger partial charge in [0.2, 0.25) is 0 Å². The smallest absolute Gasteiger partial charge is 0.124 e. The van der Waals surface area contributed by atoms with Crippen LogP contribution in [0, 0.1) is 12.7 Å². The van der Waals surface area contributed by atoms with Crippen LogP contribution >= 0.6 is 11.6 Å². The second-order valence-electron chi connectivity index (χ2n) is 4.30. The summed E-state index contributed by atoms with van der Waals surface area (Å²) in [5, 5.41) is 14.7. The average Bonchev–Trinajstić information content (AvgIpc) is 2.62. The van der Waals surface area contributed by atoms with Crippen LogP contribution in [0.5, 0.6) is 0 Å². The summed E-state index contributed by atoms with van der Waals surface area (Å²) in [7, 11) is 1.80. The molecule has 2 aromatic rings. The topological polar surface area (TPSA) is 38.0 Å². The Morgan fingerprint density at radius 3 is 2.78 bits per heavy atom. The monoisotopic (exact) mass is 268 g/mol. The van der Waals surface area contributed by atoms with Crippen molar-refractivity contribution in [1.29, 1.82) is 0 Å². The van der Waals surface area contributed by atoms with E-state index in [2.05, 4.69) is 5.10 Å². The summed E-state index contributed by atoms with van der Waals surface area (Å²) in [6.45, 7) is 1.84. The number of hydrogen-bond acceptors (Lipinski definition) is 2. The van der Waals surface area contributed by atoms with E-state index in [1.807, 2.05) is 6.92 Å². The van der Waals surface area contributed by atoms with Gasteiger partial charge < -0.3 is 5.11 Å². The van der Waals surface area contributed by atoms with Crippen molar-refractivity contribution in [3.05, 3.63) is 52.1 Å². The van der Waals surface area contributed by atoms with E-state index in [9.17, 15) is 9.50 Å². The third-order valence-electron chi connectivity index (χ3n) is 2.84. The van der Waals surface area contributed by atoms with Gasteiger partial charge in [0.25, 0.3) is 0 Å². The van der Waals surface area contributed by atoms with E-state index in [0.29, 0.717) is 17.0 Å². The molecular formula is C13H14ClFN2O. The quantitative estimate of drug-likeness (QED) is 0.930. The minimum absolute atomic E-state index is 0.329. The molecule has 0 spiro atoms. The average molecular weight is 269 g/mol. The van der Waals surface area contributed by atoms with Gasteiger partial charge in [0.05, 0.1) is 11.8 Å². The molecule has 2 rings (SSSR count). The Morgan fingerprint density at radius 1 is 1.50 bits per heavy atom. The maximum atomic E-state index is 12.9. The van der Waals surface area contributed by atoms with E-state index >= 15 is 0 Å². The molecule has 0 amide bonds. The Bertz CT molecular complexity index is 568. The maximum Gasteiger partial charge on any atom is 0.124 e. The van der Waals surface area contributed by atoms with Gasteiger partial charge in [-0.1, -0.05) is 17.7 Å². The Balaban J connectivity index is 2.21. The molecule has 1 unspecified atom stereocenters. The molecule has 0 aliphatic rings. The van der Waals surface area contributed by atoms with Crippen LogP contribution in [0.3, 0.4) is 0 Å². The number of hydrogen-bond donors (Lipinski definition) is 1. The van der Waals surface area contributed by atoms with Crippen LogP contribution in [-0.4, -0.2) is 14.9 Å². The molecule has 1 heterocycles. The zero-order valence-electron chi connectivity index (χ0n) is 10.2. The summed E-state index contributed by atoms with van der Waals surface area (Å²) >= 11 is 5.93. The van der Waals surface area contributed by atoms with Crippen molar-refractivity contribution in [3.8, 4) is 0 Å². The first kappa shape index (κ1) is 13.1. The van der Waals surface area contributed by atoms with Crippen molar-refractivity contribution in [2.75, 3.05) is 0 Å². The molecule has 96 valence electrons. The van der Waals surface area contributed by atoms with Crippen LogP contribution in [0.2, 0.25) is 5.02 Å². The molecule has 0 bridgehead atoms. The normalized spacial score (nSPS) is 12.7. The molecule has 0 saturated carbocycles. The molecule has 0 fully saturated rings. The first-order valence-electron chi connectivity index (χ1n) is 5.59. The van der Waals surface area contributed by atoms with Crippen LogP contribution in [-0.2, 0) is 13.5 Å². The molecule has 1 atom stereocenters. The van der Waals surface area contributed by atoms with Crippen LogP contribution in [0.4, 0.5) is 4.39 Å². The lowest BCUT2D eigenvalue weighted by Gasteiger charge is -2.11. The lowest BCUT2D eigenvalue weighted by atomic mass is 10.0. The third kappa shape index (κ3) is 2.71. The summed E-state index contributed by atoms with van der Waals surface area (Å²) < 4.78 is 14.6. The van der Waals surface area contributed by atoms with Gasteiger partial charge in [-0.15, -0.1) is 0 Å². The fourth-order valence-corrected chi connectivity index (χ4v) is 2.19. The summed E-state index contributed by atoms with van der Waals surface area (Å²) in [6.07, 6.45) is 1.42. The number of halogens is 2. The summed E-state index contributed by atoms with van der Waals surface area (Å²) in [6, 6.07) is 4.18. The molecule has 1 aromatic carbocycles. The van der Waals surface area contributed by atoms with Crippen molar-refractivity contribution in [2.45, 2.75) is 19.4 Å². The summed E-state index contributed by atoms with van der Waals surface area (Å²) in [5.74, 6) is -0.379.